The van der Waals surface area contributed by atoms with Crippen molar-refractivity contribution in [2.75, 3.05) is 39.3 Å². The van der Waals surface area contributed by atoms with Gasteiger partial charge >= 0.3 is 0 Å². The average Bonchev–Trinajstić information content (AvgIpc) is 3.17. The third-order valence-corrected chi connectivity index (χ3v) is 5.22. The molecule has 1 aromatic carbocycles. The molecule has 0 aliphatic carbocycles. The number of halogens is 1. The van der Waals surface area contributed by atoms with Crippen LogP contribution >= 0.6 is 23.7 Å². The monoisotopic (exact) mass is 393 g/mol. The van der Waals surface area contributed by atoms with Crippen LogP contribution in [0, 0.1) is 6.92 Å². The maximum absolute atomic E-state index is 12.6. The average molecular weight is 394 g/mol. The van der Waals surface area contributed by atoms with Crippen molar-refractivity contribution in [3.05, 3.63) is 57.8 Å². The summed E-state index contributed by atoms with van der Waals surface area (Å²) in [6, 6.07) is 9.56. The van der Waals surface area contributed by atoms with E-state index in [2.05, 4.69) is 10.2 Å². The van der Waals surface area contributed by atoms with Gasteiger partial charge in [0.1, 0.15) is 0 Å². The van der Waals surface area contributed by atoms with Gasteiger partial charge in [0.05, 0.1) is 0 Å². The highest BCUT2D eigenvalue weighted by atomic mass is 35.5. The summed E-state index contributed by atoms with van der Waals surface area (Å²) in [5.41, 5.74) is 2.53. The number of benzene rings is 1. The Bertz CT molecular complexity index is 728. The molecule has 1 aliphatic heterocycles. The van der Waals surface area contributed by atoms with Gasteiger partial charge in [0.15, 0.2) is 0 Å². The van der Waals surface area contributed by atoms with Gasteiger partial charge in [0.2, 0.25) is 0 Å². The second-order valence-electron chi connectivity index (χ2n) is 6.22. The molecule has 1 aliphatic rings. The van der Waals surface area contributed by atoms with Crippen LogP contribution in [0.5, 0.6) is 0 Å². The number of piperazine rings is 1. The molecule has 5 nitrogen and oxygen atoms in total. The predicted molar refractivity (Wildman–Crippen MR) is 107 cm³/mol. The molecule has 3 rings (SSSR count). The minimum atomic E-state index is -0.0189. The number of amides is 2. The predicted octanol–water partition coefficient (Wildman–Crippen LogP) is 2.67. The summed E-state index contributed by atoms with van der Waals surface area (Å²) in [6.07, 6.45) is 0. The molecule has 7 heteroatoms. The number of thiophene rings is 1. The highest BCUT2D eigenvalue weighted by Crippen LogP contribution is 2.12. The molecule has 0 saturated carbocycles. The van der Waals surface area contributed by atoms with Gasteiger partial charge < -0.3 is 10.2 Å². The zero-order chi connectivity index (χ0) is 17.6. The fraction of sp³-hybridized carbons (Fsp3) is 0.368. The van der Waals surface area contributed by atoms with E-state index in [1.54, 1.807) is 0 Å². The Balaban J connectivity index is 0.00000243. The van der Waals surface area contributed by atoms with Gasteiger partial charge in [-0.15, -0.1) is 12.4 Å². The standard InChI is InChI=1S/C19H23N3O2S.ClH/c1-15-4-2-3-5-17(15)19(24)22-11-9-21(10-12-22)8-7-20-18(23)16-6-13-25-14-16;/h2-6,13-14H,7-12H2,1H3,(H,20,23);1H. The minimum Gasteiger partial charge on any atom is -0.351 e. The first kappa shape index (κ1) is 20.4. The summed E-state index contributed by atoms with van der Waals surface area (Å²) in [5, 5.41) is 6.70. The van der Waals surface area contributed by atoms with Crippen molar-refractivity contribution in [1.82, 2.24) is 15.1 Å². The highest BCUT2D eigenvalue weighted by Gasteiger charge is 2.22. The fourth-order valence-corrected chi connectivity index (χ4v) is 3.62. The quantitative estimate of drug-likeness (QED) is 0.849. The zero-order valence-electron chi connectivity index (χ0n) is 14.8. The first-order valence-electron chi connectivity index (χ1n) is 8.53. The Morgan fingerprint density at radius 3 is 2.50 bits per heavy atom. The molecular formula is C19H24ClN3O2S. The van der Waals surface area contributed by atoms with Crippen molar-refractivity contribution in [3.63, 3.8) is 0 Å². The third-order valence-electron chi connectivity index (χ3n) is 4.53. The Labute approximate surface area is 164 Å². The van der Waals surface area contributed by atoms with Gasteiger partial charge in [-0.2, -0.15) is 11.3 Å². The smallest absolute Gasteiger partial charge is 0.254 e. The van der Waals surface area contributed by atoms with E-state index in [1.165, 1.54) is 11.3 Å². The SMILES string of the molecule is Cc1ccccc1C(=O)N1CCN(CCNC(=O)c2ccsc2)CC1.Cl. The number of nitrogens with one attached hydrogen (secondary N) is 1. The Hall–Kier alpha value is -1.89. The number of nitrogens with zero attached hydrogens (tertiary/aromatic N) is 2. The molecule has 1 fully saturated rings. The molecule has 2 amide bonds. The number of carbonyl (C=O) groups is 2. The summed E-state index contributed by atoms with van der Waals surface area (Å²) < 4.78 is 0. The normalized spacial score (nSPS) is 14.6. The molecule has 0 unspecified atom stereocenters. The zero-order valence-corrected chi connectivity index (χ0v) is 16.4. The van der Waals surface area contributed by atoms with Crippen molar-refractivity contribution in [2.45, 2.75) is 6.92 Å². The second kappa shape index (κ2) is 9.71. The van der Waals surface area contributed by atoms with E-state index in [0.717, 1.165) is 49.4 Å². The van der Waals surface area contributed by atoms with Crippen LogP contribution in [0.1, 0.15) is 26.3 Å². The lowest BCUT2D eigenvalue weighted by molar-refractivity contribution is 0.0637. The lowest BCUT2D eigenvalue weighted by atomic mass is 10.1. The summed E-state index contributed by atoms with van der Waals surface area (Å²) in [5.74, 6) is 0.0955. The van der Waals surface area contributed by atoms with Crippen molar-refractivity contribution < 1.29 is 9.59 Å². The van der Waals surface area contributed by atoms with Crippen LogP contribution < -0.4 is 5.32 Å². The van der Waals surface area contributed by atoms with Gasteiger partial charge in [-0.25, -0.2) is 0 Å². The van der Waals surface area contributed by atoms with Crippen LogP contribution in [-0.2, 0) is 0 Å². The highest BCUT2D eigenvalue weighted by molar-refractivity contribution is 7.08. The summed E-state index contributed by atoms with van der Waals surface area (Å²) in [7, 11) is 0. The van der Waals surface area contributed by atoms with Gasteiger partial charge in [0.25, 0.3) is 11.8 Å². The van der Waals surface area contributed by atoms with E-state index in [0.29, 0.717) is 6.54 Å². The maximum atomic E-state index is 12.6. The van der Waals surface area contributed by atoms with Gasteiger partial charge in [0, 0.05) is 55.8 Å². The molecule has 0 radical (unpaired) electrons. The summed E-state index contributed by atoms with van der Waals surface area (Å²) in [6.45, 7) is 6.54. The van der Waals surface area contributed by atoms with Gasteiger partial charge in [-0.3, -0.25) is 14.5 Å². The van der Waals surface area contributed by atoms with Crippen LogP contribution in [0.25, 0.3) is 0 Å². The van der Waals surface area contributed by atoms with Crippen LogP contribution in [0.15, 0.2) is 41.1 Å². The number of hydrogen-bond acceptors (Lipinski definition) is 4. The van der Waals surface area contributed by atoms with Crippen LogP contribution in [-0.4, -0.2) is 60.9 Å². The molecule has 1 saturated heterocycles. The molecule has 26 heavy (non-hydrogen) atoms. The molecular weight excluding hydrogens is 370 g/mol. The van der Waals surface area contributed by atoms with Crippen molar-refractivity contribution in [1.29, 1.82) is 0 Å². The van der Waals surface area contributed by atoms with Gasteiger partial charge in [-0.05, 0) is 30.0 Å². The van der Waals surface area contributed by atoms with E-state index in [1.807, 2.05) is 52.9 Å². The molecule has 2 heterocycles. The van der Waals surface area contributed by atoms with E-state index >= 15 is 0 Å². The van der Waals surface area contributed by atoms with E-state index in [-0.39, 0.29) is 24.2 Å². The molecule has 140 valence electrons. The van der Waals surface area contributed by atoms with Crippen molar-refractivity contribution in [2.24, 2.45) is 0 Å². The molecule has 0 atom stereocenters. The number of carbonyl (C=O) groups excluding carboxylic acids is 2. The molecule has 0 spiro atoms. The van der Waals surface area contributed by atoms with E-state index < -0.39 is 0 Å². The lowest BCUT2D eigenvalue weighted by Crippen LogP contribution is -2.50. The fourth-order valence-electron chi connectivity index (χ4n) is 2.98. The van der Waals surface area contributed by atoms with E-state index in [4.69, 9.17) is 0 Å². The Morgan fingerprint density at radius 2 is 1.85 bits per heavy atom. The Morgan fingerprint density at radius 1 is 1.12 bits per heavy atom. The molecule has 1 N–H and O–H groups in total. The molecule has 1 aromatic heterocycles. The second-order valence-corrected chi connectivity index (χ2v) is 7.00. The number of rotatable bonds is 5. The number of hydrogen-bond donors (Lipinski definition) is 1. The maximum Gasteiger partial charge on any atom is 0.254 e. The topological polar surface area (TPSA) is 52.7 Å². The summed E-state index contributed by atoms with van der Waals surface area (Å²) in [4.78, 5) is 28.7. The molecule has 0 bridgehead atoms. The Kier molecular flexibility index (Phi) is 7.63. The first-order valence-corrected chi connectivity index (χ1v) is 9.47. The largest absolute Gasteiger partial charge is 0.351 e. The van der Waals surface area contributed by atoms with Crippen LogP contribution in [0.3, 0.4) is 0 Å². The lowest BCUT2D eigenvalue weighted by Gasteiger charge is -2.35. The first-order chi connectivity index (χ1) is 12.1. The number of aryl methyl sites for hydroxylation is 1. The van der Waals surface area contributed by atoms with Crippen LogP contribution in [0.4, 0.5) is 0 Å². The van der Waals surface area contributed by atoms with E-state index in [9.17, 15) is 9.59 Å². The van der Waals surface area contributed by atoms with Crippen molar-refractivity contribution >= 4 is 35.6 Å². The molecule has 2 aromatic rings. The van der Waals surface area contributed by atoms with Crippen molar-refractivity contribution in [3.8, 4) is 0 Å². The van der Waals surface area contributed by atoms with Gasteiger partial charge in [-0.1, -0.05) is 18.2 Å². The minimum absolute atomic E-state index is 0. The van der Waals surface area contributed by atoms with Crippen LogP contribution in [0.2, 0.25) is 0 Å². The summed E-state index contributed by atoms with van der Waals surface area (Å²) >= 11 is 1.52. The third kappa shape index (κ3) is 5.06.